The maximum absolute atomic E-state index is 11.1. The fraction of sp³-hybridized carbons (Fsp3) is 0.400. The summed E-state index contributed by atoms with van der Waals surface area (Å²) in [5.74, 6) is -0.964. The minimum atomic E-state index is -0.551. The van der Waals surface area contributed by atoms with Crippen molar-refractivity contribution >= 4 is 11.6 Å². The number of hydrogen-bond donors (Lipinski definition) is 0. The zero-order valence-corrected chi connectivity index (χ0v) is 7.38. The standard InChI is InChI=1S/C10H14O2/c1-4-7-8(9(11)5-2)10(12)6-3/h5-6,8H,2-4,7H2,1H3. The van der Waals surface area contributed by atoms with Gasteiger partial charge in [0, 0.05) is 0 Å². The van der Waals surface area contributed by atoms with Crippen LogP contribution in [0.15, 0.2) is 25.3 Å². The zero-order valence-electron chi connectivity index (χ0n) is 7.38. The Bertz CT molecular complexity index is 184. The quantitative estimate of drug-likeness (QED) is 0.446. The van der Waals surface area contributed by atoms with Gasteiger partial charge >= 0.3 is 0 Å². The number of carbonyl (C=O) groups is 2. The number of hydrogen-bond acceptors (Lipinski definition) is 2. The molecule has 0 N–H and O–H groups in total. The molecule has 0 fully saturated rings. The zero-order chi connectivity index (χ0) is 9.56. The molecule has 0 unspecified atom stereocenters. The third-order valence-electron chi connectivity index (χ3n) is 1.67. The summed E-state index contributed by atoms with van der Waals surface area (Å²) in [4.78, 5) is 22.2. The van der Waals surface area contributed by atoms with E-state index in [2.05, 4.69) is 13.2 Å². The lowest BCUT2D eigenvalue weighted by atomic mass is 9.94. The Morgan fingerprint density at radius 2 is 1.67 bits per heavy atom. The van der Waals surface area contributed by atoms with Crippen LogP contribution in [-0.4, -0.2) is 11.6 Å². The average Bonchev–Trinajstić information content (AvgIpc) is 2.11. The van der Waals surface area contributed by atoms with E-state index in [9.17, 15) is 9.59 Å². The van der Waals surface area contributed by atoms with Crippen LogP contribution in [0.4, 0.5) is 0 Å². The fourth-order valence-corrected chi connectivity index (χ4v) is 0.998. The second-order valence-corrected chi connectivity index (χ2v) is 2.55. The van der Waals surface area contributed by atoms with E-state index in [4.69, 9.17) is 0 Å². The fourth-order valence-electron chi connectivity index (χ4n) is 0.998. The minimum Gasteiger partial charge on any atom is -0.294 e. The van der Waals surface area contributed by atoms with Crippen molar-refractivity contribution < 1.29 is 9.59 Å². The van der Waals surface area contributed by atoms with Crippen LogP contribution in [0.5, 0.6) is 0 Å². The first kappa shape index (κ1) is 10.8. The minimum absolute atomic E-state index is 0.207. The molecule has 0 bridgehead atoms. The number of rotatable bonds is 6. The van der Waals surface area contributed by atoms with Gasteiger partial charge in [-0.1, -0.05) is 26.5 Å². The highest BCUT2D eigenvalue weighted by molar-refractivity contribution is 6.10. The second-order valence-electron chi connectivity index (χ2n) is 2.55. The monoisotopic (exact) mass is 166 g/mol. The van der Waals surface area contributed by atoms with Crippen molar-refractivity contribution in [3.63, 3.8) is 0 Å². The predicted octanol–water partition coefficient (Wildman–Crippen LogP) is 1.91. The van der Waals surface area contributed by atoms with Crippen molar-refractivity contribution in [2.24, 2.45) is 5.92 Å². The van der Waals surface area contributed by atoms with E-state index in [1.54, 1.807) is 0 Å². The van der Waals surface area contributed by atoms with Gasteiger partial charge in [0.1, 0.15) is 0 Å². The van der Waals surface area contributed by atoms with E-state index in [0.717, 1.165) is 6.42 Å². The topological polar surface area (TPSA) is 34.1 Å². The summed E-state index contributed by atoms with van der Waals surface area (Å²) < 4.78 is 0. The van der Waals surface area contributed by atoms with Crippen LogP contribution in [-0.2, 0) is 9.59 Å². The lowest BCUT2D eigenvalue weighted by Gasteiger charge is -2.07. The molecule has 66 valence electrons. The Hall–Kier alpha value is -1.18. The lowest BCUT2D eigenvalue weighted by molar-refractivity contribution is -0.127. The summed E-state index contributed by atoms with van der Waals surface area (Å²) in [5.41, 5.74) is 0. The van der Waals surface area contributed by atoms with Crippen molar-refractivity contribution in [2.45, 2.75) is 19.8 Å². The molecule has 0 aromatic carbocycles. The lowest BCUT2D eigenvalue weighted by Crippen LogP contribution is -2.20. The molecule has 2 heteroatoms. The predicted molar refractivity (Wildman–Crippen MR) is 48.8 cm³/mol. The molecule has 0 aliphatic carbocycles. The molecule has 0 aliphatic rings. The van der Waals surface area contributed by atoms with Gasteiger partial charge in [0.25, 0.3) is 0 Å². The SMILES string of the molecule is C=CC(=O)C(CCC)C(=O)C=C. The van der Waals surface area contributed by atoms with Gasteiger partial charge in [0.05, 0.1) is 5.92 Å². The molecule has 2 nitrogen and oxygen atoms in total. The van der Waals surface area contributed by atoms with Gasteiger partial charge in [-0.15, -0.1) is 0 Å². The largest absolute Gasteiger partial charge is 0.294 e. The van der Waals surface area contributed by atoms with Gasteiger partial charge in [0.15, 0.2) is 11.6 Å². The Morgan fingerprint density at radius 1 is 1.25 bits per heavy atom. The van der Waals surface area contributed by atoms with Crippen LogP contribution in [0.25, 0.3) is 0 Å². The van der Waals surface area contributed by atoms with Crippen molar-refractivity contribution in [3.05, 3.63) is 25.3 Å². The molecule has 0 atom stereocenters. The third kappa shape index (κ3) is 2.82. The van der Waals surface area contributed by atoms with Crippen LogP contribution < -0.4 is 0 Å². The van der Waals surface area contributed by atoms with E-state index >= 15 is 0 Å². The third-order valence-corrected chi connectivity index (χ3v) is 1.67. The number of allylic oxidation sites excluding steroid dienone is 2. The summed E-state index contributed by atoms with van der Waals surface area (Å²) >= 11 is 0. The highest BCUT2D eigenvalue weighted by Crippen LogP contribution is 2.10. The van der Waals surface area contributed by atoms with E-state index < -0.39 is 5.92 Å². The molecule has 0 rings (SSSR count). The Labute approximate surface area is 73.0 Å². The van der Waals surface area contributed by atoms with E-state index in [1.807, 2.05) is 6.92 Å². The molecular formula is C10H14O2. The summed E-state index contributed by atoms with van der Waals surface area (Å²) in [6.45, 7) is 8.62. The molecular weight excluding hydrogens is 152 g/mol. The molecule has 0 heterocycles. The number of ketones is 2. The number of carbonyl (C=O) groups excluding carboxylic acids is 2. The normalized spacial score (nSPS) is 9.50. The maximum Gasteiger partial charge on any atom is 0.165 e. The first-order valence-electron chi connectivity index (χ1n) is 3.99. The molecule has 0 radical (unpaired) electrons. The first-order chi connectivity index (χ1) is 5.67. The van der Waals surface area contributed by atoms with Crippen molar-refractivity contribution in [3.8, 4) is 0 Å². The summed E-state index contributed by atoms with van der Waals surface area (Å²) in [7, 11) is 0. The first-order valence-corrected chi connectivity index (χ1v) is 3.99. The highest BCUT2D eigenvalue weighted by Gasteiger charge is 2.20. The van der Waals surface area contributed by atoms with Gasteiger partial charge < -0.3 is 0 Å². The second kappa shape index (κ2) is 5.47. The molecule has 0 saturated heterocycles. The summed E-state index contributed by atoms with van der Waals surface area (Å²) in [6.07, 6.45) is 3.78. The Kier molecular flexibility index (Phi) is 4.93. The highest BCUT2D eigenvalue weighted by atomic mass is 16.1. The van der Waals surface area contributed by atoms with Gasteiger partial charge in [-0.2, -0.15) is 0 Å². The van der Waals surface area contributed by atoms with Crippen LogP contribution in [0.2, 0.25) is 0 Å². The average molecular weight is 166 g/mol. The van der Waals surface area contributed by atoms with Gasteiger partial charge in [-0.05, 0) is 18.6 Å². The molecule has 0 aromatic heterocycles. The molecule has 0 aromatic rings. The van der Waals surface area contributed by atoms with Crippen LogP contribution in [0.3, 0.4) is 0 Å². The summed E-state index contributed by atoms with van der Waals surface area (Å²) in [5, 5.41) is 0. The summed E-state index contributed by atoms with van der Waals surface area (Å²) in [6, 6.07) is 0. The molecule has 0 amide bonds. The van der Waals surface area contributed by atoms with Crippen LogP contribution in [0, 0.1) is 5.92 Å². The van der Waals surface area contributed by atoms with Gasteiger partial charge in [-0.25, -0.2) is 0 Å². The van der Waals surface area contributed by atoms with Crippen LogP contribution >= 0.6 is 0 Å². The Morgan fingerprint density at radius 3 is 1.92 bits per heavy atom. The van der Waals surface area contributed by atoms with Crippen molar-refractivity contribution in [1.29, 1.82) is 0 Å². The Balaban J connectivity index is 4.41. The molecule has 0 aliphatic heterocycles. The van der Waals surface area contributed by atoms with Crippen LogP contribution in [0.1, 0.15) is 19.8 Å². The van der Waals surface area contributed by atoms with Crippen molar-refractivity contribution in [1.82, 2.24) is 0 Å². The van der Waals surface area contributed by atoms with E-state index in [0.29, 0.717) is 6.42 Å². The molecule has 0 spiro atoms. The molecule has 12 heavy (non-hydrogen) atoms. The van der Waals surface area contributed by atoms with E-state index in [1.165, 1.54) is 12.2 Å². The van der Waals surface area contributed by atoms with E-state index in [-0.39, 0.29) is 11.6 Å². The van der Waals surface area contributed by atoms with Gasteiger partial charge in [0.2, 0.25) is 0 Å². The smallest absolute Gasteiger partial charge is 0.165 e. The van der Waals surface area contributed by atoms with Crippen molar-refractivity contribution in [2.75, 3.05) is 0 Å². The maximum atomic E-state index is 11.1. The van der Waals surface area contributed by atoms with Gasteiger partial charge in [-0.3, -0.25) is 9.59 Å². The molecule has 0 saturated carbocycles.